The van der Waals surface area contributed by atoms with E-state index in [9.17, 15) is 4.79 Å². The number of aromatic nitrogens is 2. The van der Waals surface area contributed by atoms with Gasteiger partial charge in [0, 0.05) is 49.2 Å². The molecule has 1 amide bonds. The predicted octanol–water partition coefficient (Wildman–Crippen LogP) is 3.35. The number of fused-ring (bicyclic) bond motifs is 1. The summed E-state index contributed by atoms with van der Waals surface area (Å²) in [7, 11) is 0. The van der Waals surface area contributed by atoms with Crippen LogP contribution in [0.25, 0.3) is 10.9 Å². The molecule has 5 rings (SSSR count). The van der Waals surface area contributed by atoms with Gasteiger partial charge in [0.15, 0.2) is 5.69 Å². The highest BCUT2D eigenvalue weighted by Crippen LogP contribution is 2.40. The van der Waals surface area contributed by atoms with Crippen LogP contribution < -0.4 is 5.32 Å². The Bertz CT molecular complexity index is 1010. The molecule has 144 valence electrons. The summed E-state index contributed by atoms with van der Waals surface area (Å²) in [4.78, 5) is 19.5. The Kier molecular flexibility index (Phi) is 4.36. The second-order valence-corrected chi connectivity index (χ2v) is 8.13. The molecule has 1 saturated heterocycles. The van der Waals surface area contributed by atoms with Gasteiger partial charge in [-0.1, -0.05) is 36.3 Å². The van der Waals surface area contributed by atoms with Crippen LogP contribution >= 0.6 is 0 Å². The molecule has 2 aliphatic rings. The number of likely N-dealkylation sites (tertiary alicyclic amines) is 1. The van der Waals surface area contributed by atoms with Crippen LogP contribution in [-0.2, 0) is 6.54 Å². The minimum atomic E-state index is -0.138. The molecule has 2 fully saturated rings. The summed E-state index contributed by atoms with van der Waals surface area (Å²) < 4.78 is 5.31. The van der Waals surface area contributed by atoms with Gasteiger partial charge in [-0.05, 0) is 30.4 Å². The van der Waals surface area contributed by atoms with Gasteiger partial charge in [0.2, 0.25) is 0 Å². The van der Waals surface area contributed by atoms with Gasteiger partial charge in [-0.2, -0.15) is 0 Å². The molecule has 0 spiro atoms. The standard InChI is InChI=1S/C22H24N4O2/c1-14-11-26(12-17-5-2-4-16-6-3-9-23-21(16)17)13-19(14)24-22(27)18-10-20(28-25-18)15-7-8-15/h2-6,9-10,14-15,19H,7-8,11-13H2,1H3,(H,24,27)/t14-,19+/m0/s1. The van der Waals surface area contributed by atoms with Crippen LogP contribution in [0.3, 0.4) is 0 Å². The van der Waals surface area contributed by atoms with Crippen LogP contribution in [0.1, 0.15) is 47.5 Å². The van der Waals surface area contributed by atoms with E-state index >= 15 is 0 Å². The highest BCUT2D eigenvalue weighted by Gasteiger charge is 2.33. The first-order chi connectivity index (χ1) is 13.7. The van der Waals surface area contributed by atoms with E-state index in [1.54, 1.807) is 6.07 Å². The number of pyridine rings is 1. The first-order valence-electron chi connectivity index (χ1n) is 10.00. The Hall–Kier alpha value is -2.73. The largest absolute Gasteiger partial charge is 0.360 e. The van der Waals surface area contributed by atoms with Gasteiger partial charge in [-0.25, -0.2) is 0 Å². The number of benzene rings is 1. The van der Waals surface area contributed by atoms with Crippen molar-refractivity contribution in [3.8, 4) is 0 Å². The first kappa shape index (κ1) is 17.4. The van der Waals surface area contributed by atoms with Gasteiger partial charge in [0.05, 0.1) is 5.52 Å². The van der Waals surface area contributed by atoms with Crippen LogP contribution in [-0.4, -0.2) is 40.1 Å². The van der Waals surface area contributed by atoms with Crippen LogP contribution in [0, 0.1) is 5.92 Å². The quantitative estimate of drug-likeness (QED) is 0.739. The number of para-hydroxylation sites is 1. The predicted molar refractivity (Wildman–Crippen MR) is 106 cm³/mol. The zero-order valence-corrected chi connectivity index (χ0v) is 16.0. The lowest BCUT2D eigenvalue weighted by Crippen LogP contribution is -2.40. The summed E-state index contributed by atoms with van der Waals surface area (Å²) in [6.07, 6.45) is 4.11. The van der Waals surface area contributed by atoms with Crippen LogP contribution in [0.4, 0.5) is 0 Å². The fraction of sp³-hybridized carbons (Fsp3) is 0.409. The molecule has 0 radical (unpaired) electrons. The highest BCUT2D eigenvalue weighted by molar-refractivity contribution is 5.92. The average molecular weight is 376 g/mol. The van der Waals surface area contributed by atoms with E-state index < -0.39 is 0 Å². The molecule has 6 nitrogen and oxygen atoms in total. The third kappa shape index (κ3) is 3.40. The van der Waals surface area contributed by atoms with Crippen molar-refractivity contribution >= 4 is 16.8 Å². The fourth-order valence-electron chi connectivity index (χ4n) is 4.12. The number of nitrogens with one attached hydrogen (secondary N) is 1. The lowest BCUT2D eigenvalue weighted by molar-refractivity contribution is 0.0922. The normalized spacial score (nSPS) is 22.6. The van der Waals surface area contributed by atoms with Crippen molar-refractivity contribution in [1.82, 2.24) is 20.4 Å². The van der Waals surface area contributed by atoms with Gasteiger partial charge in [0.1, 0.15) is 5.76 Å². The second-order valence-electron chi connectivity index (χ2n) is 8.13. The smallest absolute Gasteiger partial charge is 0.273 e. The number of hydrogen-bond acceptors (Lipinski definition) is 5. The molecule has 28 heavy (non-hydrogen) atoms. The number of carbonyl (C=O) groups is 1. The highest BCUT2D eigenvalue weighted by atomic mass is 16.5. The van der Waals surface area contributed by atoms with Gasteiger partial charge in [-0.3, -0.25) is 14.7 Å². The Morgan fingerprint density at radius 2 is 2.11 bits per heavy atom. The molecule has 6 heteroatoms. The molecular formula is C22H24N4O2. The zero-order valence-electron chi connectivity index (χ0n) is 16.0. The number of nitrogens with zero attached hydrogens (tertiary/aromatic N) is 3. The van der Waals surface area contributed by atoms with Crippen LogP contribution in [0.15, 0.2) is 47.1 Å². The number of carbonyl (C=O) groups excluding carboxylic acids is 1. The third-order valence-electron chi connectivity index (χ3n) is 5.86. The minimum Gasteiger partial charge on any atom is -0.360 e. The summed E-state index contributed by atoms with van der Waals surface area (Å²) in [6.45, 7) is 4.79. The molecule has 2 atom stereocenters. The zero-order chi connectivity index (χ0) is 19.1. The van der Waals surface area contributed by atoms with Crippen molar-refractivity contribution in [2.45, 2.75) is 38.3 Å². The molecule has 1 N–H and O–H groups in total. The maximum atomic E-state index is 12.6. The third-order valence-corrected chi connectivity index (χ3v) is 5.86. The van der Waals surface area contributed by atoms with Gasteiger partial charge in [-0.15, -0.1) is 0 Å². The number of rotatable bonds is 5. The summed E-state index contributed by atoms with van der Waals surface area (Å²) >= 11 is 0. The SMILES string of the molecule is C[C@H]1CN(Cc2cccc3cccnc23)C[C@H]1NC(=O)c1cc(C2CC2)on1. The molecule has 1 aliphatic carbocycles. The Morgan fingerprint density at radius 1 is 1.25 bits per heavy atom. The Labute approximate surface area is 163 Å². The average Bonchev–Trinajstić information content (AvgIpc) is 3.33. The fourth-order valence-corrected chi connectivity index (χ4v) is 4.12. The maximum absolute atomic E-state index is 12.6. The molecule has 0 bridgehead atoms. The molecular weight excluding hydrogens is 352 g/mol. The summed E-state index contributed by atoms with van der Waals surface area (Å²) in [5.74, 6) is 1.54. The Balaban J connectivity index is 1.25. The maximum Gasteiger partial charge on any atom is 0.273 e. The molecule has 1 aliphatic heterocycles. The summed E-state index contributed by atoms with van der Waals surface area (Å²) in [5, 5.41) is 8.27. The van der Waals surface area contributed by atoms with E-state index in [1.807, 2.05) is 12.3 Å². The van der Waals surface area contributed by atoms with E-state index in [-0.39, 0.29) is 11.9 Å². The second kappa shape index (κ2) is 7.02. The molecule has 0 unspecified atom stereocenters. The molecule has 3 aromatic rings. The molecule has 2 aromatic heterocycles. The van der Waals surface area contributed by atoms with Gasteiger partial charge in [0.25, 0.3) is 5.91 Å². The van der Waals surface area contributed by atoms with Gasteiger partial charge < -0.3 is 9.84 Å². The van der Waals surface area contributed by atoms with Crippen molar-refractivity contribution in [2.24, 2.45) is 5.92 Å². The lowest BCUT2D eigenvalue weighted by Gasteiger charge is -2.17. The van der Waals surface area contributed by atoms with Crippen molar-refractivity contribution in [2.75, 3.05) is 13.1 Å². The van der Waals surface area contributed by atoms with E-state index in [0.29, 0.717) is 17.5 Å². The van der Waals surface area contributed by atoms with Crippen molar-refractivity contribution in [3.05, 3.63) is 59.6 Å². The molecule has 1 saturated carbocycles. The first-order valence-corrected chi connectivity index (χ1v) is 10.00. The van der Waals surface area contributed by atoms with Crippen molar-refractivity contribution < 1.29 is 9.32 Å². The Morgan fingerprint density at radius 3 is 2.96 bits per heavy atom. The van der Waals surface area contributed by atoms with Crippen LogP contribution in [0.2, 0.25) is 0 Å². The van der Waals surface area contributed by atoms with E-state index in [4.69, 9.17) is 4.52 Å². The number of hydrogen-bond donors (Lipinski definition) is 1. The summed E-state index contributed by atoms with van der Waals surface area (Å²) in [5.41, 5.74) is 2.67. The van der Waals surface area contributed by atoms with Gasteiger partial charge >= 0.3 is 0 Å². The monoisotopic (exact) mass is 376 g/mol. The van der Waals surface area contributed by atoms with Crippen LogP contribution in [0.5, 0.6) is 0 Å². The minimum absolute atomic E-state index is 0.108. The summed E-state index contributed by atoms with van der Waals surface area (Å²) in [6, 6.07) is 12.3. The lowest BCUT2D eigenvalue weighted by atomic mass is 10.1. The number of amides is 1. The van der Waals surface area contributed by atoms with E-state index in [2.05, 4.69) is 51.5 Å². The van der Waals surface area contributed by atoms with E-state index in [1.165, 1.54) is 5.56 Å². The van der Waals surface area contributed by atoms with Crippen molar-refractivity contribution in [1.29, 1.82) is 0 Å². The topological polar surface area (TPSA) is 71.3 Å². The van der Waals surface area contributed by atoms with E-state index in [0.717, 1.165) is 49.1 Å². The molecule has 1 aromatic carbocycles. The van der Waals surface area contributed by atoms with Crippen molar-refractivity contribution in [3.63, 3.8) is 0 Å². The molecule has 3 heterocycles.